The predicted octanol–water partition coefficient (Wildman–Crippen LogP) is 2.65. The van der Waals surface area contributed by atoms with Crippen LogP contribution in [0.3, 0.4) is 0 Å². The molecular formula is C15H24N2O2. The Bertz CT molecular complexity index is 392. The van der Waals surface area contributed by atoms with Crippen LogP contribution in [0.15, 0.2) is 12.1 Å². The zero-order chi connectivity index (χ0) is 13.5. The third kappa shape index (κ3) is 5.17. The number of hydrogen-bond acceptors (Lipinski definition) is 4. The summed E-state index contributed by atoms with van der Waals surface area (Å²) in [6, 6.07) is 3.95. The van der Waals surface area contributed by atoms with Crippen LogP contribution >= 0.6 is 0 Å². The first kappa shape index (κ1) is 14.3. The first-order valence-electron chi connectivity index (χ1n) is 7.17. The van der Waals surface area contributed by atoms with Gasteiger partial charge in [-0.15, -0.1) is 0 Å². The van der Waals surface area contributed by atoms with Crippen molar-refractivity contribution in [1.29, 1.82) is 0 Å². The highest BCUT2D eigenvalue weighted by molar-refractivity contribution is 5.29. The van der Waals surface area contributed by atoms with Gasteiger partial charge in [0.25, 0.3) is 0 Å². The summed E-state index contributed by atoms with van der Waals surface area (Å²) >= 11 is 0. The van der Waals surface area contributed by atoms with Crippen molar-refractivity contribution in [1.82, 2.24) is 10.3 Å². The van der Waals surface area contributed by atoms with E-state index in [1.54, 1.807) is 0 Å². The van der Waals surface area contributed by atoms with Gasteiger partial charge in [-0.05, 0) is 50.8 Å². The normalized spacial score (nSPS) is 14.6. The number of nitrogens with one attached hydrogen (secondary N) is 1. The van der Waals surface area contributed by atoms with E-state index in [4.69, 9.17) is 9.47 Å². The molecule has 1 aromatic rings. The van der Waals surface area contributed by atoms with E-state index in [2.05, 4.69) is 17.2 Å². The maximum absolute atomic E-state index is 5.68. The van der Waals surface area contributed by atoms with Gasteiger partial charge in [0.1, 0.15) is 5.75 Å². The molecule has 4 heteroatoms. The molecule has 1 N–H and O–H groups in total. The van der Waals surface area contributed by atoms with Crippen molar-refractivity contribution >= 4 is 0 Å². The second-order valence-electron chi connectivity index (χ2n) is 5.15. The van der Waals surface area contributed by atoms with Crippen molar-refractivity contribution in [3.05, 3.63) is 23.5 Å². The zero-order valence-electron chi connectivity index (χ0n) is 11.9. The number of aryl methyl sites for hydroxylation is 1. The second-order valence-corrected chi connectivity index (χ2v) is 5.15. The minimum absolute atomic E-state index is 0.321. The number of aromatic nitrogens is 1. The maximum Gasteiger partial charge on any atom is 0.189 e. The van der Waals surface area contributed by atoms with Crippen molar-refractivity contribution < 1.29 is 9.47 Å². The van der Waals surface area contributed by atoms with Gasteiger partial charge in [0.2, 0.25) is 0 Å². The Balaban J connectivity index is 1.81. The highest BCUT2D eigenvalue weighted by Crippen LogP contribution is 2.28. The van der Waals surface area contributed by atoms with Crippen molar-refractivity contribution in [2.45, 2.75) is 39.7 Å². The van der Waals surface area contributed by atoms with Crippen LogP contribution in [0.25, 0.3) is 0 Å². The summed E-state index contributed by atoms with van der Waals surface area (Å²) < 4.78 is 11.2. The minimum Gasteiger partial charge on any atom is -0.466 e. The summed E-state index contributed by atoms with van der Waals surface area (Å²) in [4.78, 5) is 4.53. The molecule has 4 nitrogen and oxygen atoms in total. The maximum atomic E-state index is 5.68. The van der Waals surface area contributed by atoms with Gasteiger partial charge in [-0.25, -0.2) is 0 Å². The molecule has 0 aliphatic heterocycles. The van der Waals surface area contributed by atoms with Crippen LogP contribution in [0.1, 0.15) is 37.6 Å². The van der Waals surface area contributed by atoms with Crippen LogP contribution in [0, 0.1) is 12.8 Å². The fourth-order valence-electron chi connectivity index (χ4n) is 1.84. The van der Waals surface area contributed by atoms with E-state index in [-0.39, 0.29) is 0 Å². The van der Waals surface area contributed by atoms with Crippen molar-refractivity contribution in [3.63, 3.8) is 0 Å². The number of pyridine rings is 1. The lowest BCUT2D eigenvalue weighted by Gasteiger charge is -2.12. The van der Waals surface area contributed by atoms with E-state index in [1.165, 1.54) is 12.8 Å². The summed E-state index contributed by atoms with van der Waals surface area (Å²) in [6.45, 7) is 7.03. The molecule has 0 spiro atoms. The predicted molar refractivity (Wildman–Crippen MR) is 75.1 cm³/mol. The van der Waals surface area contributed by atoms with E-state index >= 15 is 0 Å². The molecule has 0 unspecified atom stereocenters. The quantitative estimate of drug-likeness (QED) is 0.550. The SMILES string of the molecule is CCCNCc1nc(C)ccc1OCOCC1CC1. The van der Waals surface area contributed by atoms with Gasteiger partial charge >= 0.3 is 0 Å². The van der Waals surface area contributed by atoms with Gasteiger partial charge in [-0.1, -0.05) is 6.92 Å². The number of ether oxygens (including phenoxy) is 2. The molecule has 106 valence electrons. The van der Waals surface area contributed by atoms with Crippen LogP contribution in [0.2, 0.25) is 0 Å². The first-order chi connectivity index (χ1) is 9.29. The molecule has 1 saturated carbocycles. The highest BCUT2D eigenvalue weighted by Gasteiger charge is 2.21. The van der Waals surface area contributed by atoms with Gasteiger partial charge in [-0.2, -0.15) is 0 Å². The van der Waals surface area contributed by atoms with Crippen LogP contribution in [-0.4, -0.2) is 24.9 Å². The van der Waals surface area contributed by atoms with Gasteiger partial charge in [0.15, 0.2) is 6.79 Å². The molecule has 0 bridgehead atoms. The third-order valence-electron chi connectivity index (χ3n) is 3.14. The summed E-state index contributed by atoms with van der Waals surface area (Å²) in [5.74, 6) is 1.59. The molecule has 0 atom stereocenters. The lowest BCUT2D eigenvalue weighted by atomic mass is 10.3. The monoisotopic (exact) mass is 264 g/mol. The molecular weight excluding hydrogens is 240 g/mol. The number of nitrogens with zero attached hydrogens (tertiary/aromatic N) is 1. The number of hydrogen-bond donors (Lipinski definition) is 1. The van der Waals surface area contributed by atoms with Gasteiger partial charge in [-0.3, -0.25) is 4.98 Å². The lowest BCUT2D eigenvalue weighted by molar-refractivity contribution is 0.00915. The molecule has 1 aromatic heterocycles. The fourth-order valence-corrected chi connectivity index (χ4v) is 1.84. The van der Waals surface area contributed by atoms with Crippen molar-refractivity contribution in [3.8, 4) is 5.75 Å². The molecule has 0 aromatic carbocycles. The third-order valence-corrected chi connectivity index (χ3v) is 3.14. The van der Waals surface area contributed by atoms with Crippen molar-refractivity contribution in [2.75, 3.05) is 19.9 Å². The summed E-state index contributed by atoms with van der Waals surface area (Å²) in [5.41, 5.74) is 1.98. The molecule has 1 aliphatic carbocycles. The summed E-state index contributed by atoms with van der Waals surface area (Å²) in [5, 5.41) is 3.35. The molecule has 0 amide bonds. The van der Waals surface area contributed by atoms with Crippen molar-refractivity contribution in [2.24, 2.45) is 5.92 Å². The van der Waals surface area contributed by atoms with Crippen LogP contribution in [-0.2, 0) is 11.3 Å². The molecule has 1 fully saturated rings. The minimum atomic E-state index is 0.321. The Hall–Kier alpha value is -1.13. The van der Waals surface area contributed by atoms with Gasteiger partial charge in [0.05, 0.1) is 12.3 Å². The van der Waals surface area contributed by atoms with E-state index in [0.29, 0.717) is 6.79 Å². The Morgan fingerprint density at radius 1 is 1.37 bits per heavy atom. The Kier molecular flexibility index (Phi) is 5.61. The molecule has 1 heterocycles. The summed E-state index contributed by atoms with van der Waals surface area (Å²) in [7, 11) is 0. The van der Waals surface area contributed by atoms with Crippen LogP contribution in [0.4, 0.5) is 0 Å². The largest absolute Gasteiger partial charge is 0.466 e. The van der Waals surface area contributed by atoms with Gasteiger partial charge in [0, 0.05) is 12.2 Å². The average molecular weight is 264 g/mol. The summed E-state index contributed by atoms with van der Waals surface area (Å²) in [6.07, 6.45) is 3.73. The molecule has 1 aliphatic rings. The molecule has 2 rings (SSSR count). The van der Waals surface area contributed by atoms with E-state index in [1.807, 2.05) is 19.1 Å². The first-order valence-corrected chi connectivity index (χ1v) is 7.17. The van der Waals surface area contributed by atoms with E-state index < -0.39 is 0 Å². The fraction of sp³-hybridized carbons (Fsp3) is 0.667. The Morgan fingerprint density at radius 3 is 2.95 bits per heavy atom. The zero-order valence-corrected chi connectivity index (χ0v) is 11.9. The van der Waals surface area contributed by atoms with Crippen LogP contribution < -0.4 is 10.1 Å². The smallest absolute Gasteiger partial charge is 0.189 e. The standard InChI is InChI=1S/C15H24N2O2/c1-3-8-16-9-14-15(7-4-12(2)17-14)19-11-18-10-13-5-6-13/h4,7,13,16H,3,5-6,8-11H2,1-2H3. The van der Waals surface area contributed by atoms with E-state index in [0.717, 1.165) is 49.2 Å². The second kappa shape index (κ2) is 7.46. The molecule has 0 radical (unpaired) electrons. The topological polar surface area (TPSA) is 43.4 Å². The Labute approximate surface area is 115 Å². The molecule has 0 saturated heterocycles. The average Bonchev–Trinajstić information content (AvgIpc) is 3.21. The molecule has 19 heavy (non-hydrogen) atoms. The highest BCUT2D eigenvalue weighted by atomic mass is 16.7. The van der Waals surface area contributed by atoms with Gasteiger partial charge < -0.3 is 14.8 Å². The van der Waals surface area contributed by atoms with Crippen LogP contribution in [0.5, 0.6) is 5.75 Å². The lowest BCUT2D eigenvalue weighted by Crippen LogP contribution is -2.16. The van der Waals surface area contributed by atoms with E-state index in [9.17, 15) is 0 Å². The Morgan fingerprint density at radius 2 is 2.21 bits per heavy atom. The number of rotatable bonds is 9.